The van der Waals surface area contributed by atoms with Crippen molar-refractivity contribution >= 4 is 11.8 Å². The van der Waals surface area contributed by atoms with E-state index in [1.165, 1.54) is 31.4 Å². The van der Waals surface area contributed by atoms with Crippen LogP contribution < -0.4 is 5.32 Å². The van der Waals surface area contributed by atoms with Crippen LogP contribution in [0.4, 0.5) is 0 Å². The van der Waals surface area contributed by atoms with Crippen LogP contribution in [-0.2, 0) is 4.74 Å². The second-order valence-electron chi connectivity index (χ2n) is 4.46. The number of nitrogens with one attached hydrogen (secondary N) is 1. The number of rotatable bonds is 6. The van der Waals surface area contributed by atoms with E-state index in [1.807, 2.05) is 0 Å². The van der Waals surface area contributed by atoms with E-state index in [-0.39, 0.29) is 0 Å². The summed E-state index contributed by atoms with van der Waals surface area (Å²) in [5.41, 5.74) is 0. The smallest absolute Gasteiger partial charge is 0.0613 e. The van der Waals surface area contributed by atoms with Gasteiger partial charge in [-0.05, 0) is 31.9 Å². The number of methoxy groups -OCH3 is 1. The van der Waals surface area contributed by atoms with E-state index in [9.17, 15) is 0 Å². The molecule has 0 aromatic heterocycles. The highest BCUT2D eigenvalue weighted by Crippen LogP contribution is 2.28. The van der Waals surface area contributed by atoms with Gasteiger partial charge in [-0.25, -0.2) is 0 Å². The maximum absolute atomic E-state index is 5.15. The maximum atomic E-state index is 5.15. The first-order chi connectivity index (χ1) is 7.26. The van der Waals surface area contributed by atoms with Crippen LogP contribution in [0.1, 0.15) is 39.5 Å². The largest absolute Gasteiger partial charge is 0.383 e. The third-order valence-electron chi connectivity index (χ3n) is 2.97. The summed E-state index contributed by atoms with van der Waals surface area (Å²) >= 11 is 2.13. The minimum atomic E-state index is 0.491. The maximum Gasteiger partial charge on any atom is 0.0613 e. The third kappa shape index (κ3) is 5.23. The van der Waals surface area contributed by atoms with Crippen LogP contribution in [0.3, 0.4) is 0 Å². The first kappa shape index (κ1) is 13.3. The van der Waals surface area contributed by atoms with E-state index in [1.54, 1.807) is 7.11 Å². The highest BCUT2D eigenvalue weighted by atomic mass is 32.2. The Balaban J connectivity index is 2.23. The van der Waals surface area contributed by atoms with Crippen molar-refractivity contribution in [3.63, 3.8) is 0 Å². The van der Waals surface area contributed by atoms with Gasteiger partial charge in [0.15, 0.2) is 0 Å². The summed E-state index contributed by atoms with van der Waals surface area (Å²) in [4.78, 5) is 0. The molecule has 15 heavy (non-hydrogen) atoms. The Morgan fingerprint density at radius 2 is 2.27 bits per heavy atom. The summed E-state index contributed by atoms with van der Waals surface area (Å²) in [5.74, 6) is 1.25. The Labute approximate surface area is 98.5 Å². The van der Waals surface area contributed by atoms with Gasteiger partial charge in [0.25, 0.3) is 0 Å². The van der Waals surface area contributed by atoms with E-state index in [0.29, 0.717) is 12.1 Å². The van der Waals surface area contributed by atoms with Gasteiger partial charge in [0.1, 0.15) is 0 Å². The molecule has 0 spiro atoms. The Kier molecular flexibility index (Phi) is 6.69. The lowest BCUT2D eigenvalue weighted by molar-refractivity contribution is 0.162. The van der Waals surface area contributed by atoms with Crippen LogP contribution in [0.25, 0.3) is 0 Å². The SMILES string of the molecule is CCSC1CCCC(NC(C)COC)C1. The summed E-state index contributed by atoms with van der Waals surface area (Å²) in [6.07, 6.45) is 5.48. The predicted molar refractivity (Wildman–Crippen MR) is 68.6 cm³/mol. The molecule has 1 N–H and O–H groups in total. The molecule has 0 aromatic rings. The molecular weight excluding hydrogens is 206 g/mol. The Bertz CT molecular complexity index is 162. The highest BCUT2D eigenvalue weighted by Gasteiger charge is 2.22. The highest BCUT2D eigenvalue weighted by molar-refractivity contribution is 7.99. The fourth-order valence-electron chi connectivity index (χ4n) is 2.38. The summed E-state index contributed by atoms with van der Waals surface area (Å²) in [6.45, 7) is 5.29. The molecule has 0 heterocycles. The molecule has 3 atom stereocenters. The molecular formula is C12H25NOS. The van der Waals surface area contributed by atoms with Crippen LogP contribution in [0.2, 0.25) is 0 Å². The molecule has 2 nitrogen and oxygen atoms in total. The first-order valence-corrected chi connectivity index (χ1v) is 7.17. The quantitative estimate of drug-likeness (QED) is 0.759. The van der Waals surface area contributed by atoms with Crippen LogP contribution in [-0.4, -0.2) is 36.8 Å². The predicted octanol–water partition coefficient (Wildman–Crippen LogP) is 2.68. The van der Waals surface area contributed by atoms with Crippen LogP contribution >= 0.6 is 11.8 Å². The molecule has 1 saturated carbocycles. The van der Waals surface area contributed by atoms with Gasteiger partial charge in [0, 0.05) is 24.4 Å². The number of hydrogen-bond acceptors (Lipinski definition) is 3. The van der Waals surface area contributed by atoms with Gasteiger partial charge in [-0.1, -0.05) is 13.3 Å². The molecule has 0 radical (unpaired) electrons. The van der Waals surface area contributed by atoms with E-state index >= 15 is 0 Å². The van der Waals surface area contributed by atoms with Crippen molar-refractivity contribution in [3.8, 4) is 0 Å². The van der Waals surface area contributed by atoms with Gasteiger partial charge in [0.2, 0.25) is 0 Å². The second kappa shape index (κ2) is 7.53. The zero-order valence-electron chi connectivity index (χ0n) is 10.3. The normalized spacial score (nSPS) is 29.0. The monoisotopic (exact) mass is 231 g/mol. The Hall–Kier alpha value is 0.270. The number of ether oxygens (including phenoxy) is 1. The summed E-state index contributed by atoms with van der Waals surface area (Å²) in [7, 11) is 1.77. The first-order valence-electron chi connectivity index (χ1n) is 6.12. The molecule has 1 aliphatic carbocycles. The molecule has 1 rings (SSSR count). The zero-order chi connectivity index (χ0) is 11.1. The number of hydrogen-bond donors (Lipinski definition) is 1. The van der Waals surface area contributed by atoms with Crippen molar-refractivity contribution in [3.05, 3.63) is 0 Å². The van der Waals surface area contributed by atoms with E-state index in [4.69, 9.17) is 4.74 Å². The molecule has 0 aromatic carbocycles. The third-order valence-corrected chi connectivity index (χ3v) is 4.20. The minimum absolute atomic E-state index is 0.491. The molecule has 1 fully saturated rings. The average Bonchev–Trinajstić information content (AvgIpc) is 2.19. The molecule has 90 valence electrons. The van der Waals surface area contributed by atoms with Crippen molar-refractivity contribution in [1.82, 2.24) is 5.32 Å². The van der Waals surface area contributed by atoms with Gasteiger partial charge >= 0.3 is 0 Å². The van der Waals surface area contributed by atoms with Gasteiger partial charge < -0.3 is 10.1 Å². The number of thioether (sulfide) groups is 1. The standard InChI is InChI=1S/C12H25NOS/c1-4-15-12-7-5-6-11(8-12)13-10(2)9-14-3/h10-13H,4-9H2,1-3H3. The average molecular weight is 231 g/mol. The van der Waals surface area contributed by atoms with Gasteiger partial charge in [0.05, 0.1) is 6.61 Å². The lowest BCUT2D eigenvalue weighted by atomic mass is 9.94. The van der Waals surface area contributed by atoms with Crippen molar-refractivity contribution in [2.75, 3.05) is 19.5 Å². The van der Waals surface area contributed by atoms with Gasteiger partial charge in [-0.2, -0.15) is 11.8 Å². The lowest BCUT2D eigenvalue weighted by Gasteiger charge is -2.31. The summed E-state index contributed by atoms with van der Waals surface area (Å²) in [5, 5.41) is 4.55. The topological polar surface area (TPSA) is 21.3 Å². The van der Waals surface area contributed by atoms with Gasteiger partial charge in [-0.3, -0.25) is 0 Å². The Morgan fingerprint density at radius 3 is 2.93 bits per heavy atom. The van der Waals surface area contributed by atoms with Crippen molar-refractivity contribution in [1.29, 1.82) is 0 Å². The van der Waals surface area contributed by atoms with Crippen molar-refractivity contribution in [2.24, 2.45) is 0 Å². The Morgan fingerprint density at radius 1 is 1.47 bits per heavy atom. The van der Waals surface area contributed by atoms with Crippen LogP contribution in [0.15, 0.2) is 0 Å². The van der Waals surface area contributed by atoms with Crippen LogP contribution in [0, 0.1) is 0 Å². The minimum Gasteiger partial charge on any atom is -0.383 e. The molecule has 0 saturated heterocycles. The van der Waals surface area contributed by atoms with Crippen LogP contribution in [0.5, 0.6) is 0 Å². The van der Waals surface area contributed by atoms with E-state index in [0.717, 1.165) is 11.9 Å². The fraction of sp³-hybridized carbons (Fsp3) is 1.00. The molecule has 0 aliphatic heterocycles. The fourth-order valence-corrected chi connectivity index (χ4v) is 3.56. The summed E-state index contributed by atoms with van der Waals surface area (Å²) < 4.78 is 5.15. The molecule has 0 amide bonds. The molecule has 3 unspecified atom stereocenters. The molecule has 1 aliphatic rings. The van der Waals surface area contributed by atoms with Gasteiger partial charge in [-0.15, -0.1) is 0 Å². The molecule has 0 bridgehead atoms. The van der Waals surface area contributed by atoms with Crippen molar-refractivity contribution in [2.45, 2.75) is 56.9 Å². The summed E-state index contributed by atoms with van der Waals surface area (Å²) in [6, 6.07) is 1.21. The van der Waals surface area contributed by atoms with E-state index < -0.39 is 0 Å². The lowest BCUT2D eigenvalue weighted by Crippen LogP contribution is -2.42. The van der Waals surface area contributed by atoms with Crippen molar-refractivity contribution < 1.29 is 4.74 Å². The molecule has 3 heteroatoms. The zero-order valence-corrected chi connectivity index (χ0v) is 11.1. The van der Waals surface area contributed by atoms with E-state index in [2.05, 4.69) is 30.9 Å². The second-order valence-corrected chi connectivity index (χ2v) is 6.04.